The number of amides is 1. The van der Waals surface area contributed by atoms with Crippen molar-refractivity contribution in [1.82, 2.24) is 0 Å². The standard InChI is InChI=1S/C20H16BF8NO3/c1-18(2)19(3,4)33-21(32-18)10-6-5-8(22)7-9(10)17(31)30-16-14(25)12(23)11(20(27,28)29)13(24)15(16)26/h5-7H,1-4H3,(H,30,31). The van der Waals surface area contributed by atoms with Crippen molar-refractivity contribution >= 4 is 24.2 Å². The topological polar surface area (TPSA) is 47.6 Å². The predicted octanol–water partition coefficient (Wildman–Crippen LogP) is 4.95. The number of anilines is 1. The van der Waals surface area contributed by atoms with Crippen LogP contribution in [0.5, 0.6) is 0 Å². The maximum absolute atomic E-state index is 14.2. The van der Waals surface area contributed by atoms with Crippen molar-refractivity contribution in [2.24, 2.45) is 0 Å². The van der Waals surface area contributed by atoms with Crippen molar-refractivity contribution in [3.8, 4) is 0 Å². The van der Waals surface area contributed by atoms with Crippen molar-refractivity contribution in [3.05, 3.63) is 58.4 Å². The van der Waals surface area contributed by atoms with Crippen molar-refractivity contribution in [1.29, 1.82) is 0 Å². The van der Waals surface area contributed by atoms with Gasteiger partial charge in [0.15, 0.2) is 23.3 Å². The third kappa shape index (κ3) is 4.31. The summed E-state index contributed by atoms with van der Waals surface area (Å²) in [6.07, 6.45) is -5.75. The highest BCUT2D eigenvalue weighted by molar-refractivity contribution is 6.63. The molecule has 1 N–H and O–H groups in total. The maximum Gasteiger partial charge on any atom is 0.495 e. The number of alkyl halides is 3. The van der Waals surface area contributed by atoms with Gasteiger partial charge in [-0.25, -0.2) is 22.0 Å². The van der Waals surface area contributed by atoms with Crippen molar-refractivity contribution in [2.75, 3.05) is 5.32 Å². The molecule has 0 aliphatic carbocycles. The van der Waals surface area contributed by atoms with E-state index in [1.165, 1.54) is 5.32 Å². The van der Waals surface area contributed by atoms with Gasteiger partial charge in [-0.3, -0.25) is 4.79 Å². The van der Waals surface area contributed by atoms with Gasteiger partial charge in [0.1, 0.15) is 17.1 Å². The van der Waals surface area contributed by atoms with Crippen LogP contribution in [-0.4, -0.2) is 24.2 Å². The van der Waals surface area contributed by atoms with Gasteiger partial charge in [-0.15, -0.1) is 0 Å². The molecule has 178 valence electrons. The van der Waals surface area contributed by atoms with Crippen LogP contribution >= 0.6 is 0 Å². The SMILES string of the molecule is CC1(C)OB(c2ccc(F)cc2C(=O)Nc2c(F)c(F)c(C(F)(F)F)c(F)c2F)OC1(C)C. The first-order valence-corrected chi connectivity index (χ1v) is 9.37. The third-order valence-corrected chi connectivity index (χ3v) is 5.55. The molecule has 0 spiro atoms. The number of halogens is 8. The van der Waals surface area contributed by atoms with E-state index in [1.807, 2.05) is 0 Å². The molecule has 0 unspecified atom stereocenters. The Morgan fingerprint density at radius 1 is 0.879 bits per heavy atom. The summed E-state index contributed by atoms with van der Waals surface area (Å²) in [5.74, 6) is -12.9. The highest BCUT2D eigenvalue weighted by atomic mass is 19.4. The third-order valence-electron chi connectivity index (χ3n) is 5.55. The number of rotatable bonds is 3. The molecule has 0 saturated carbocycles. The summed E-state index contributed by atoms with van der Waals surface area (Å²) in [6.45, 7) is 6.70. The van der Waals surface area contributed by atoms with Gasteiger partial charge < -0.3 is 14.6 Å². The maximum atomic E-state index is 14.2. The van der Waals surface area contributed by atoms with E-state index in [0.29, 0.717) is 6.07 Å². The van der Waals surface area contributed by atoms with Crippen LogP contribution in [0.25, 0.3) is 0 Å². The minimum absolute atomic E-state index is 0.0961. The molecule has 0 bridgehead atoms. The summed E-state index contributed by atoms with van der Waals surface area (Å²) in [4.78, 5) is 12.7. The molecule has 0 atom stereocenters. The second-order valence-electron chi connectivity index (χ2n) is 8.28. The monoisotopic (exact) mass is 481 g/mol. The predicted molar refractivity (Wildman–Crippen MR) is 101 cm³/mol. The number of nitrogens with one attached hydrogen (secondary N) is 1. The van der Waals surface area contributed by atoms with Crippen LogP contribution in [0.4, 0.5) is 40.8 Å². The van der Waals surface area contributed by atoms with Gasteiger partial charge in [0, 0.05) is 5.56 Å². The highest BCUT2D eigenvalue weighted by Gasteiger charge is 2.52. The molecule has 2 aromatic rings. The number of benzene rings is 2. The summed E-state index contributed by atoms with van der Waals surface area (Å²) in [6, 6.07) is 2.67. The number of hydrogen-bond donors (Lipinski definition) is 1. The number of carbonyl (C=O) groups is 1. The molecule has 0 aromatic heterocycles. The lowest BCUT2D eigenvalue weighted by Crippen LogP contribution is -2.41. The summed E-state index contributed by atoms with van der Waals surface area (Å²) < 4.78 is 120. The van der Waals surface area contributed by atoms with Crippen molar-refractivity contribution in [3.63, 3.8) is 0 Å². The zero-order valence-electron chi connectivity index (χ0n) is 17.6. The zero-order valence-corrected chi connectivity index (χ0v) is 17.6. The van der Waals surface area contributed by atoms with Crippen molar-refractivity contribution in [2.45, 2.75) is 45.1 Å². The second kappa shape index (κ2) is 7.98. The quantitative estimate of drug-likeness (QED) is 0.384. The van der Waals surface area contributed by atoms with Gasteiger partial charge in [-0.2, -0.15) is 13.2 Å². The van der Waals surface area contributed by atoms with Crippen LogP contribution in [0.1, 0.15) is 43.6 Å². The van der Waals surface area contributed by atoms with Gasteiger partial charge in [0.05, 0.1) is 11.2 Å². The molecule has 1 fully saturated rings. The van der Waals surface area contributed by atoms with E-state index in [9.17, 15) is 39.9 Å². The molecule has 1 aliphatic rings. The second-order valence-corrected chi connectivity index (χ2v) is 8.28. The molecule has 1 saturated heterocycles. The van der Waals surface area contributed by atoms with Crippen LogP contribution < -0.4 is 10.8 Å². The number of hydrogen-bond acceptors (Lipinski definition) is 3. The first kappa shape index (κ1) is 25.0. The lowest BCUT2D eigenvalue weighted by atomic mass is 9.75. The summed E-state index contributed by atoms with van der Waals surface area (Å²) in [5.41, 5.74) is -7.07. The molecule has 3 rings (SSSR count). The van der Waals surface area contributed by atoms with E-state index in [2.05, 4.69) is 0 Å². The first-order chi connectivity index (χ1) is 15.0. The van der Waals surface area contributed by atoms with E-state index in [0.717, 1.165) is 12.1 Å². The van der Waals surface area contributed by atoms with Crippen LogP contribution in [0.2, 0.25) is 0 Å². The molecular weight excluding hydrogens is 465 g/mol. The Morgan fingerprint density at radius 3 is 1.82 bits per heavy atom. The fourth-order valence-electron chi connectivity index (χ4n) is 3.07. The molecule has 1 aliphatic heterocycles. The Morgan fingerprint density at radius 2 is 1.36 bits per heavy atom. The Hall–Kier alpha value is -2.67. The van der Waals surface area contributed by atoms with Crippen LogP contribution in [0.3, 0.4) is 0 Å². The lowest BCUT2D eigenvalue weighted by molar-refractivity contribution is -0.143. The normalized spacial score (nSPS) is 17.4. The fourth-order valence-corrected chi connectivity index (χ4v) is 3.07. The average molecular weight is 481 g/mol. The van der Waals surface area contributed by atoms with Crippen LogP contribution in [0, 0.1) is 29.1 Å². The molecule has 1 heterocycles. The van der Waals surface area contributed by atoms with Gasteiger partial charge in [-0.05, 0) is 45.3 Å². The van der Waals surface area contributed by atoms with E-state index in [1.54, 1.807) is 27.7 Å². The molecule has 2 aromatic carbocycles. The smallest absolute Gasteiger partial charge is 0.399 e. The van der Waals surface area contributed by atoms with E-state index >= 15 is 0 Å². The number of carbonyl (C=O) groups excluding carboxylic acids is 1. The minimum atomic E-state index is -5.75. The van der Waals surface area contributed by atoms with E-state index in [-0.39, 0.29) is 5.46 Å². The van der Waals surface area contributed by atoms with Gasteiger partial charge in [0.2, 0.25) is 0 Å². The minimum Gasteiger partial charge on any atom is -0.399 e. The Balaban J connectivity index is 2.05. The Labute approximate surface area is 183 Å². The molecule has 33 heavy (non-hydrogen) atoms. The Bertz CT molecular complexity index is 1090. The van der Waals surface area contributed by atoms with E-state index in [4.69, 9.17) is 9.31 Å². The van der Waals surface area contributed by atoms with Gasteiger partial charge in [-0.1, -0.05) is 6.07 Å². The molecular formula is C20H16BF8NO3. The molecule has 1 amide bonds. The highest BCUT2D eigenvalue weighted by Crippen LogP contribution is 2.39. The zero-order chi connectivity index (χ0) is 25.1. The summed E-state index contributed by atoms with van der Waals surface area (Å²) >= 11 is 0. The van der Waals surface area contributed by atoms with Crippen LogP contribution in [-0.2, 0) is 15.5 Å². The fraction of sp³-hybridized carbons (Fsp3) is 0.350. The van der Waals surface area contributed by atoms with E-state index < -0.39 is 76.3 Å². The first-order valence-electron chi connectivity index (χ1n) is 9.37. The van der Waals surface area contributed by atoms with Gasteiger partial charge >= 0.3 is 13.3 Å². The Kier molecular flexibility index (Phi) is 6.04. The van der Waals surface area contributed by atoms with Crippen LogP contribution in [0.15, 0.2) is 18.2 Å². The molecule has 13 heteroatoms. The van der Waals surface area contributed by atoms with Crippen molar-refractivity contribution < 1.29 is 49.2 Å². The largest absolute Gasteiger partial charge is 0.495 e. The summed E-state index contributed by atoms with van der Waals surface area (Å²) in [7, 11) is -1.24. The molecule has 4 nitrogen and oxygen atoms in total. The average Bonchev–Trinajstić information content (AvgIpc) is 2.89. The summed E-state index contributed by atoms with van der Waals surface area (Å²) in [5, 5.41) is 1.47. The molecule has 0 radical (unpaired) electrons. The lowest BCUT2D eigenvalue weighted by Gasteiger charge is -2.32. The van der Waals surface area contributed by atoms with Gasteiger partial charge in [0.25, 0.3) is 5.91 Å².